The molecule has 0 saturated heterocycles. The van der Waals surface area contributed by atoms with Crippen LogP contribution >= 0.6 is 11.3 Å². The fourth-order valence-corrected chi connectivity index (χ4v) is 3.31. The van der Waals surface area contributed by atoms with E-state index >= 15 is 0 Å². The van der Waals surface area contributed by atoms with Gasteiger partial charge in [-0.2, -0.15) is 13.2 Å². The number of hydrogen-bond donors (Lipinski definition) is 1. The van der Waals surface area contributed by atoms with Gasteiger partial charge in [-0.1, -0.05) is 30.3 Å². The highest BCUT2D eigenvalue weighted by Crippen LogP contribution is 2.29. The number of amides is 1. The van der Waals surface area contributed by atoms with E-state index in [0.717, 1.165) is 17.7 Å². The molecule has 1 N–H and O–H groups in total. The molecular weight excluding hydrogens is 389 g/mol. The maximum atomic E-state index is 12.8. The highest BCUT2D eigenvalue weighted by molar-refractivity contribution is 7.13. The van der Waals surface area contributed by atoms with Crippen LogP contribution in [0.4, 0.5) is 13.2 Å². The molecule has 2 aromatic carbocycles. The van der Waals surface area contributed by atoms with Gasteiger partial charge in [-0.25, -0.2) is 4.98 Å². The van der Waals surface area contributed by atoms with Crippen molar-refractivity contribution in [3.05, 3.63) is 76.3 Å². The number of alkyl halides is 3. The number of rotatable bonds is 5. The first kappa shape index (κ1) is 19.8. The van der Waals surface area contributed by atoms with Gasteiger partial charge in [0.25, 0.3) is 5.91 Å². The van der Waals surface area contributed by atoms with E-state index in [0.29, 0.717) is 16.1 Å². The molecule has 144 valence electrons. The molecule has 3 aromatic rings. The molecule has 0 fully saturated rings. The maximum Gasteiger partial charge on any atom is 0.416 e. The Bertz CT molecular complexity index is 1030. The van der Waals surface area contributed by atoms with Crippen molar-refractivity contribution in [2.24, 2.45) is 0 Å². The zero-order chi connectivity index (χ0) is 20.3. The zero-order valence-corrected chi connectivity index (χ0v) is 15.5. The molecule has 0 aliphatic heterocycles. The molecular formula is C20H15F3N2O2S. The number of carbonyl (C=O) groups excluding carboxylic acids is 2. The Kier molecular flexibility index (Phi) is 5.60. The third-order valence-electron chi connectivity index (χ3n) is 3.96. The van der Waals surface area contributed by atoms with Gasteiger partial charge in [0, 0.05) is 23.1 Å². The minimum atomic E-state index is -4.43. The second-order valence-electron chi connectivity index (χ2n) is 6.06. The maximum absolute atomic E-state index is 12.8. The predicted octanol–water partition coefficient (Wildman–Crippen LogP) is 4.96. The third-order valence-corrected chi connectivity index (χ3v) is 4.85. The van der Waals surface area contributed by atoms with Gasteiger partial charge < -0.3 is 5.32 Å². The SMILES string of the molecule is CC(=O)c1cccc(-c2nc(C(=O)NCc3cccc(C(F)(F)F)c3)cs2)c1. The summed E-state index contributed by atoms with van der Waals surface area (Å²) < 4.78 is 38.3. The molecule has 28 heavy (non-hydrogen) atoms. The summed E-state index contributed by atoms with van der Waals surface area (Å²) >= 11 is 1.25. The topological polar surface area (TPSA) is 59.1 Å². The standard InChI is InChI=1S/C20H15F3N2O2S/c1-12(26)14-5-3-6-15(9-14)19-25-17(11-28-19)18(27)24-10-13-4-2-7-16(8-13)20(21,22)23/h2-9,11H,10H2,1H3,(H,24,27). The number of halogens is 3. The van der Waals surface area contributed by atoms with Crippen molar-refractivity contribution in [2.75, 3.05) is 0 Å². The van der Waals surface area contributed by atoms with Crippen molar-refractivity contribution < 1.29 is 22.8 Å². The average Bonchev–Trinajstić information content (AvgIpc) is 3.16. The second kappa shape index (κ2) is 7.93. The molecule has 8 heteroatoms. The van der Waals surface area contributed by atoms with E-state index in [9.17, 15) is 22.8 Å². The van der Waals surface area contributed by atoms with E-state index in [2.05, 4.69) is 10.3 Å². The van der Waals surface area contributed by atoms with Crippen molar-refractivity contribution in [3.63, 3.8) is 0 Å². The van der Waals surface area contributed by atoms with E-state index < -0.39 is 17.6 Å². The molecule has 0 radical (unpaired) electrons. The fourth-order valence-electron chi connectivity index (χ4n) is 2.51. The van der Waals surface area contributed by atoms with Gasteiger partial charge in [0.15, 0.2) is 5.78 Å². The number of hydrogen-bond acceptors (Lipinski definition) is 4. The molecule has 0 bridgehead atoms. The van der Waals surface area contributed by atoms with E-state index in [4.69, 9.17) is 0 Å². The van der Waals surface area contributed by atoms with Gasteiger partial charge in [0.05, 0.1) is 5.56 Å². The number of aromatic nitrogens is 1. The van der Waals surface area contributed by atoms with Crippen molar-refractivity contribution in [1.82, 2.24) is 10.3 Å². The lowest BCUT2D eigenvalue weighted by Crippen LogP contribution is -2.23. The lowest BCUT2D eigenvalue weighted by molar-refractivity contribution is -0.137. The number of nitrogens with one attached hydrogen (secondary N) is 1. The molecule has 0 unspecified atom stereocenters. The minimum absolute atomic E-state index is 0.0462. The summed E-state index contributed by atoms with van der Waals surface area (Å²) in [6, 6.07) is 11.7. The average molecular weight is 404 g/mol. The Morgan fingerprint density at radius 3 is 2.57 bits per heavy atom. The van der Waals surface area contributed by atoms with Gasteiger partial charge in [-0.05, 0) is 30.7 Å². The van der Waals surface area contributed by atoms with Crippen LogP contribution in [0.5, 0.6) is 0 Å². The Labute approximate surface area is 163 Å². The molecule has 0 aliphatic carbocycles. The van der Waals surface area contributed by atoms with Crippen molar-refractivity contribution >= 4 is 23.0 Å². The summed E-state index contributed by atoms with van der Waals surface area (Å²) in [4.78, 5) is 28.0. The number of thiazole rings is 1. The highest BCUT2D eigenvalue weighted by Gasteiger charge is 2.30. The number of nitrogens with zero attached hydrogens (tertiary/aromatic N) is 1. The lowest BCUT2D eigenvalue weighted by Gasteiger charge is -2.09. The smallest absolute Gasteiger partial charge is 0.347 e. The first-order valence-electron chi connectivity index (χ1n) is 8.25. The summed E-state index contributed by atoms with van der Waals surface area (Å²) in [6.07, 6.45) is -4.43. The predicted molar refractivity (Wildman–Crippen MR) is 100 cm³/mol. The molecule has 0 aliphatic rings. The molecule has 1 heterocycles. The van der Waals surface area contributed by atoms with E-state index in [1.54, 1.807) is 29.6 Å². The molecule has 3 rings (SSSR count). The van der Waals surface area contributed by atoms with Gasteiger partial charge in [0.1, 0.15) is 10.7 Å². The van der Waals surface area contributed by atoms with Crippen LogP contribution in [0.3, 0.4) is 0 Å². The van der Waals surface area contributed by atoms with Crippen LogP contribution in [-0.2, 0) is 12.7 Å². The molecule has 4 nitrogen and oxygen atoms in total. The van der Waals surface area contributed by atoms with E-state index in [1.807, 2.05) is 0 Å². The fraction of sp³-hybridized carbons (Fsp3) is 0.150. The number of benzene rings is 2. The molecule has 0 spiro atoms. The minimum Gasteiger partial charge on any atom is -0.347 e. The normalized spacial score (nSPS) is 11.3. The summed E-state index contributed by atoms with van der Waals surface area (Å²) in [6.45, 7) is 1.42. The van der Waals surface area contributed by atoms with Crippen LogP contribution in [-0.4, -0.2) is 16.7 Å². The number of carbonyl (C=O) groups is 2. The second-order valence-corrected chi connectivity index (χ2v) is 6.91. The Morgan fingerprint density at radius 2 is 1.86 bits per heavy atom. The quantitative estimate of drug-likeness (QED) is 0.612. The van der Waals surface area contributed by atoms with Crippen molar-refractivity contribution in [2.45, 2.75) is 19.6 Å². The Hall–Kier alpha value is -3.00. The molecule has 1 aromatic heterocycles. The van der Waals surface area contributed by atoms with Crippen LogP contribution in [0.15, 0.2) is 53.9 Å². The lowest BCUT2D eigenvalue weighted by atomic mass is 10.1. The number of Topliss-reactive ketones (excluding diaryl/α,β-unsaturated/α-hetero) is 1. The number of ketones is 1. The first-order valence-corrected chi connectivity index (χ1v) is 9.13. The Morgan fingerprint density at radius 1 is 1.11 bits per heavy atom. The summed E-state index contributed by atoms with van der Waals surface area (Å²) in [7, 11) is 0. The van der Waals surface area contributed by atoms with Crippen molar-refractivity contribution in [1.29, 1.82) is 0 Å². The Balaban J connectivity index is 1.70. The monoisotopic (exact) mass is 404 g/mol. The van der Waals surface area contributed by atoms with Gasteiger partial charge in [0.2, 0.25) is 0 Å². The summed E-state index contributed by atoms with van der Waals surface area (Å²) in [5, 5.41) is 4.72. The molecule has 0 saturated carbocycles. The van der Waals surface area contributed by atoms with Crippen LogP contribution < -0.4 is 5.32 Å². The van der Waals surface area contributed by atoms with Crippen LogP contribution in [0.1, 0.15) is 38.9 Å². The summed E-state index contributed by atoms with van der Waals surface area (Å²) in [5.41, 5.74) is 1.01. The van der Waals surface area contributed by atoms with Crippen LogP contribution in [0.2, 0.25) is 0 Å². The van der Waals surface area contributed by atoms with Gasteiger partial charge >= 0.3 is 6.18 Å². The molecule has 0 atom stereocenters. The third kappa shape index (κ3) is 4.64. The summed E-state index contributed by atoms with van der Waals surface area (Å²) in [5.74, 6) is -0.555. The van der Waals surface area contributed by atoms with E-state index in [1.165, 1.54) is 30.4 Å². The molecule has 1 amide bonds. The first-order chi connectivity index (χ1) is 13.2. The van der Waals surface area contributed by atoms with Crippen LogP contribution in [0.25, 0.3) is 10.6 Å². The van der Waals surface area contributed by atoms with E-state index in [-0.39, 0.29) is 18.0 Å². The highest BCUT2D eigenvalue weighted by atomic mass is 32.1. The van der Waals surface area contributed by atoms with Gasteiger partial charge in [-0.3, -0.25) is 9.59 Å². The van der Waals surface area contributed by atoms with Crippen LogP contribution in [0, 0.1) is 0 Å². The zero-order valence-electron chi connectivity index (χ0n) is 14.7. The van der Waals surface area contributed by atoms with Gasteiger partial charge in [-0.15, -0.1) is 11.3 Å². The largest absolute Gasteiger partial charge is 0.416 e. The van der Waals surface area contributed by atoms with Crippen molar-refractivity contribution in [3.8, 4) is 10.6 Å².